The number of carbonyl (C=O) groups excluding carboxylic acids is 1. The van der Waals surface area contributed by atoms with Gasteiger partial charge in [0.05, 0.1) is 25.4 Å². The highest BCUT2D eigenvalue weighted by molar-refractivity contribution is 5.76. The predicted octanol–water partition coefficient (Wildman–Crippen LogP) is 15.4. The molecule has 412 valence electrons. The van der Waals surface area contributed by atoms with Crippen LogP contribution in [0.25, 0.3) is 0 Å². The summed E-state index contributed by atoms with van der Waals surface area (Å²) in [5, 5.41) is 54.0. The van der Waals surface area contributed by atoms with Crippen LogP contribution >= 0.6 is 0 Å². The van der Waals surface area contributed by atoms with E-state index < -0.39 is 49.5 Å². The van der Waals surface area contributed by atoms with Gasteiger partial charge in [0.15, 0.2) is 6.29 Å². The zero-order chi connectivity index (χ0) is 50.1. The molecular formula is C60H119NO8. The summed E-state index contributed by atoms with van der Waals surface area (Å²) < 4.78 is 11.2. The van der Waals surface area contributed by atoms with Gasteiger partial charge in [-0.05, 0) is 12.8 Å². The van der Waals surface area contributed by atoms with E-state index in [1.165, 1.54) is 244 Å². The molecule has 9 heteroatoms. The van der Waals surface area contributed by atoms with E-state index in [4.69, 9.17) is 9.47 Å². The number of unbranched alkanes of at least 4 members (excludes halogenated alkanes) is 44. The summed E-state index contributed by atoms with van der Waals surface area (Å²) in [4.78, 5) is 12.9. The molecule has 0 bridgehead atoms. The van der Waals surface area contributed by atoms with Crippen molar-refractivity contribution in [3.8, 4) is 0 Å². The van der Waals surface area contributed by atoms with Crippen LogP contribution in [0.5, 0.6) is 0 Å². The zero-order valence-electron chi connectivity index (χ0n) is 45.9. The number of aliphatic hydroxyl groups is 5. The van der Waals surface area contributed by atoms with Gasteiger partial charge in [-0.1, -0.05) is 303 Å². The first-order chi connectivity index (χ1) is 33.8. The van der Waals surface area contributed by atoms with Gasteiger partial charge in [0.2, 0.25) is 5.91 Å². The Labute approximate surface area is 427 Å². The molecule has 0 radical (unpaired) electrons. The number of amides is 1. The molecular weight excluding hydrogens is 863 g/mol. The summed E-state index contributed by atoms with van der Waals surface area (Å²) in [5.41, 5.74) is 0. The first-order valence-electron chi connectivity index (χ1n) is 30.7. The van der Waals surface area contributed by atoms with E-state index in [0.717, 1.165) is 51.4 Å². The second-order valence-corrected chi connectivity index (χ2v) is 21.9. The zero-order valence-corrected chi connectivity index (χ0v) is 45.9. The second-order valence-electron chi connectivity index (χ2n) is 21.9. The fourth-order valence-electron chi connectivity index (χ4n) is 10.3. The van der Waals surface area contributed by atoms with Crippen LogP contribution in [-0.4, -0.2) is 87.5 Å². The lowest BCUT2D eigenvalue weighted by Gasteiger charge is -2.40. The number of nitrogens with one attached hydrogen (secondary N) is 1. The maximum absolute atomic E-state index is 12.9. The number of ether oxygens (including phenoxy) is 2. The molecule has 0 aromatic carbocycles. The molecule has 0 saturated carbocycles. The molecule has 9 nitrogen and oxygen atoms in total. The van der Waals surface area contributed by atoms with Gasteiger partial charge >= 0.3 is 0 Å². The lowest BCUT2D eigenvalue weighted by atomic mass is 9.99. The Hall–Kier alpha value is -0.810. The van der Waals surface area contributed by atoms with Crippen molar-refractivity contribution in [3.63, 3.8) is 0 Å². The largest absolute Gasteiger partial charge is 0.394 e. The predicted molar refractivity (Wildman–Crippen MR) is 291 cm³/mol. The summed E-state index contributed by atoms with van der Waals surface area (Å²) in [7, 11) is 0. The minimum absolute atomic E-state index is 0.135. The van der Waals surface area contributed by atoms with E-state index >= 15 is 0 Å². The molecule has 0 aromatic heterocycles. The molecule has 1 aliphatic rings. The van der Waals surface area contributed by atoms with Gasteiger partial charge in [0, 0.05) is 6.42 Å². The van der Waals surface area contributed by atoms with Crippen LogP contribution in [-0.2, 0) is 14.3 Å². The smallest absolute Gasteiger partial charge is 0.220 e. The van der Waals surface area contributed by atoms with Gasteiger partial charge in [-0.15, -0.1) is 0 Å². The summed E-state index contributed by atoms with van der Waals surface area (Å²) in [6, 6.07) is -0.710. The van der Waals surface area contributed by atoms with E-state index in [1.807, 2.05) is 0 Å². The number of rotatable bonds is 54. The topological polar surface area (TPSA) is 149 Å². The Kier molecular flexibility index (Phi) is 48.7. The third-order valence-corrected chi connectivity index (χ3v) is 15.2. The van der Waals surface area contributed by atoms with E-state index in [-0.39, 0.29) is 12.5 Å². The fourth-order valence-corrected chi connectivity index (χ4v) is 10.3. The molecule has 0 aliphatic carbocycles. The molecule has 1 heterocycles. The van der Waals surface area contributed by atoms with Crippen LogP contribution < -0.4 is 5.32 Å². The fraction of sp³-hybridized carbons (Fsp3) is 0.983. The highest BCUT2D eigenvalue weighted by Gasteiger charge is 2.44. The Morgan fingerprint density at radius 3 is 1.03 bits per heavy atom. The van der Waals surface area contributed by atoms with Crippen LogP contribution in [0.4, 0.5) is 0 Å². The van der Waals surface area contributed by atoms with Crippen molar-refractivity contribution in [1.82, 2.24) is 5.32 Å². The highest BCUT2D eigenvalue weighted by atomic mass is 16.7. The second kappa shape index (κ2) is 50.7. The third kappa shape index (κ3) is 40.3. The molecule has 1 rings (SSSR count). The molecule has 1 saturated heterocycles. The lowest BCUT2D eigenvalue weighted by molar-refractivity contribution is -0.302. The normalized spacial score (nSPS) is 19.3. The number of carbonyl (C=O) groups is 1. The van der Waals surface area contributed by atoms with Crippen molar-refractivity contribution >= 4 is 5.91 Å². The Balaban J connectivity index is 1.87. The van der Waals surface area contributed by atoms with Gasteiger partial charge < -0.3 is 40.3 Å². The molecule has 7 atom stereocenters. The van der Waals surface area contributed by atoms with Gasteiger partial charge in [0.25, 0.3) is 0 Å². The summed E-state index contributed by atoms with van der Waals surface area (Å²) in [5.74, 6) is -0.144. The van der Waals surface area contributed by atoms with Crippen LogP contribution in [0.15, 0.2) is 0 Å². The summed E-state index contributed by atoms with van der Waals surface area (Å²) in [6.07, 6.45) is 55.4. The molecule has 6 N–H and O–H groups in total. The van der Waals surface area contributed by atoms with Crippen molar-refractivity contribution in [1.29, 1.82) is 0 Å². The minimum atomic E-state index is -1.55. The number of hydrogen-bond acceptors (Lipinski definition) is 8. The van der Waals surface area contributed by atoms with Gasteiger partial charge in [-0.3, -0.25) is 4.79 Å². The Bertz CT molecular complexity index is 1050. The molecule has 7 unspecified atom stereocenters. The van der Waals surface area contributed by atoms with Crippen molar-refractivity contribution < 1.29 is 39.8 Å². The summed E-state index contributed by atoms with van der Waals surface area (Å²) in [6.45, 7) is 3.78. The van der Waals surface area contributed by atoms with Crippen LogP contribution in [0.1, 0.15) is 322 Å². The van der Waals surface area contributed by atoms with Crippen molar-refractivity contribution in [2.24, 2.45) is 0 Å². The molecule has 69 heavy (non-hydrogen) atoms. The molecule has 0 aromatic rings. The van der Waals surface area contributed by atoms with Crippen LogP contribution in [0.2, 0.25) is 0 Å². The average molecular weight is 983 g/mol. The first kappa shape index (κ1) is 66.2. The monoisotopic (exact) mass is 982 g/mol. The minimum Gasteiger partial charge on any atom is -0.394 e. The summed E-state index contributed by atoms with van der Waals surface area (Å²) >= 11 is 0. The molecule has 1 amide bonds. The standard InChI is InChI=1S/C60H119NO8/c1-3-5-7-9-10-11-12-13-14-15-16-17-18-19-20-21-22-23-24-25-26-27-28-29-30-31-32-33-34-35-36-37-38-39-40-41-42-43-44-46-48-50-56(64)61-53(54(63)49-47-45-8-6-4-2)52-68-60-59(67)58(66)57(65)55(51-62)69-60/h53-55,57-60,62-63,65-67H,3-52H2,1-2H3,(H,61,64). The van der Waals surface area contributed by atoms with Crippen LogP contribution in [0.3, 0.4) is 0 Å². The molecule has 1 fully saturated rings. The van der Waals surface area contributed by atoms with Crippen molar-refractivity contribution in [3.05, 3.63) is 0 Å². The van der Waals surface area contributed by atoms with E-state index in [0.29, 0.717) is 12.8 Å². The Morgan fingerprint density at radius 2 is 0.725 bits per heavy atom. The molecule has 1 aliphatic heterocycles. The van der Waals surface area contributed by atoms with E-state index in [1.54, 1.807) is 0 Å². The van der Waals surface area contributed by atoms with Crippen molar-refractivity contribution in [2.75, 3.05) is 13.2 Å². The number of aliphatic hydroxyl groups excluding tert-OH is 5. The van der Waals surface area contributed by atoms with E-state index in [9.17, 15) is 30.3 Å². The average Bonchev–Trinajstić information content (AvgIpc) is 3.35. The lowest BCUT2D eigenvalue weighted by Crippen LogP contribution is -2.60. The molecule has 0 spiro atoms. The van der Waals surface area contributed by atoms with Crippen molar-refractivity contribution in [2.45, 2.75) is 365 Å². The Morgan fingerprint density at radius 1 is 0.435 bits per heavy atom. The van der Waals surface area contributed by atoms with E-state index in [2.05, 4.69) is 19.2 Å². The van der Waals surface area contributed by atoms with Gasteiger partial charge in [-0.2, -0.15) is 0 Å². The quantitative estimate of drug-likeness (QED) is 0.0330. The SMILES string of the molecule is CCCCCCCCCCCCCCCCCCCCCCCCCCCCCCCCCCCCCCCCCCCC(=O)NC(COC1OC(CO)C(O)C(O)C1O)C(O)CCCCCCC. The van der Waals surface area contributed by atoms with Gasteiger partial charge in [0.1, 0.15) is 24.4 Å². The number of hydrogen-bond donors (Lipinski definition) is 6. The van der Waals surface area contributed by atoms with Crippen LogP contribution in [0, 0.1) is 0 Å². The maximum atomic E-state index is 12.9. The van der Waals surface area contributed by atoms with Gasteiger partial charge in [-0.25, -0.2) is 0 Å². The maximum Gasteiger partial charge on any atom is 0.220 e. The first-order valence-corrected chi connectivity index (χ1v) is 30.7. The highest BCUT2D eigenvalue weighted by Crippen LogP contribution is 2.24. The third-order valence-electron chi connectivity index (χ3n) is 15.2.